The summed E-state index contributed by atoms with van der Waals surface area (Å²) in [6.07, 6.45) is 2.29. The first kappa shape index (κ1) is 20.4. The maximum absolute atomic E-state index is 13.1. The molecular formula is C22H25ClN2O3S. The molecule has 2 aromatic rings. The molecule has 29 heavy (non-hydrogen) atoms. The molecule has 5 nitrogen and oxygen atoms in total. The third-order valence-electron chi connectivity index (χ3n) is 5.81. The van der Waals surface area contributed by atoms with E-state index in [2.05, 4.69) is 12.1 Å². The molecule has 0 aliphatic carbocycles. The Labute approximate surface area is 177 Å². The zero-order valence-corrected chi connectivity index (χ0v) is 17.8. The first-order valence-electron chi connectivity index (χ1n) is 10.0. The molecule has 1 fully saturated rings. The summed E-state index contributed by atoms with van der Waals surface area (Å²) in [7, 11) is -3.50. The fourth-order valence-electron chi connectivity index (χ4n) is 4.27. The van der Waals surface area contributed by atoms with Crippen molar-refractivity contribution in [3.63, 3.8) is 0 Å². The zero-order valence-electron chi connectivity index (χ0n) is 16.3. The molecule has 0 spiro atoms. The van der Waals surface area contributed by atoms with Crippen LogP contribution in [0.2, 0.25) is 5.02 Å². The number of halogens is 1. The molecule has 0 bridgehead atoms. The molecule has 1 saturated heterocycles. The molecule has 1 amide bonds. The van der Waals surface area contributed by atoms with Crippen LogP contribution in [0.25, 0.3) is 0 Å². The lowest BCUT2D eigenvalue weighted by atomic mass is 9.95. The lowest BCUT2D eigenvalue weighted by molar-refractivity contribution is -0.137. The molecule has 154 valence electrons. The molecule has 7 heteroatoms. The molecule has 4 rings (SSSR count). The highest BCUT2D eigenvalue weighted by molar-refractivity contribution is 7.88. The van der Waals surface area contributed by atoms with Crippen LogP contribution in [0.4, 0.5) is 0 Å². The van der Waals surface area contributed by atoms with E-state index < -0.39 is 10.0 Å². The van der Waals surface area contributed by atoms with Crippen molar-refractivity contribution in [1.82, 2.24) is 9.21 Å². The SMILES string of the molecule is O=C([C@H]1CCCN(S(=O)(=O)Cc2cccc(Cl)c2)C1)N1CCc2ccccc2C1. The second kappa shape index (κ2) is 8.46. The summed E-state index contributed by atoms with van der Waals surface area (Å²) in [6, 6.07) is 15.1. The third kappa shape index (κ3) is 4.65. The average Bonchev–Trinajstić information content (AvgIpc) is 2.72. The van der Waals surface area contributed by atoms with E-state index in [0.717, 1.165) is 12.8 Å². The summed E-state index contributed by atoms with van der Waals surface area (Å²) in [5.74, 6) is -0.295. The highest BCUT2D eigenvalue weighted by Crippen LogP contribution is 2.26. The van der Waals surface area contributed by atoms with E-state index in [0.29, 0.717) is 36.6 Å². The van der Waals surface area contributed by atoms with Gasteiger partial charge in [0.25, 0.3) is 0 Å². The number of sulfonamides is 1. The van der Waals surface area contributed by atoms with Crippen LogP contribution in [0, 0.1) is 5.92 Å². The summed E-state index contributed by atoms with van der Waals surface area (Å²) in [5.41, 5.74) is 3.15. The van der Waals surface area contributed by atoms with E-state index in [4.69, 9.17) is 11.6 Å². The van der Waals surface area contributed by atoms with Gasteiger partial charge in [-0.3, -0.25) is 4.79 Å². The first-order valence-corrected chi connectivity index (χ1v) is 12.0. The highest BCUT2D eigenvalue weighted by atomic mass is 35.5. The van der Waals surface area contributed by atoms with Gasteiger partial charge in [0.1, 0.15) is 0 Å². The van der Waals surface area contributed by atoms with Crippen molar-refractivity contribution in [2.24, 2.45) is 5.92 Å². The average molecular weight is 433 g/mol. The van der Waals surface area contributed by atoms with Gasteiger partial charge in [0, 0.05) is 31.2 Å². The lowest BCUT2D eigenvalue weighted by Crippen LogP contribution is -2.48. The molecule has 1 atom stereocenters. The Kier molecular flexibility index (Phi) is 5.95. The van der Waals surface area contributed by atoms with Crippen molar-refractivity contribution in [1.29, 1.82) is 0 Å². The minimum Gasteiger partial charge on any atom is -0.338 e. The Morgan fingerprint density at radius 2 is 1.86 bits per heavy atom. The van der Waals surface area contributed by atoms with E-state index in [9.17, 15) is 13.2 Å². The van der Waals surface area contributed by atoms with Gasteiger partial charge in [-0.15, -0.1) is 0 Å². The van der Waals surface area contributed by atoms with Gasteiger partial charge >= 0.3 is 0 Å². The van der Waals surface area contributed by atoms with E-state index in [1.54, 1.807) is 24.3 Å². The molecule has 0 radical (unpaired) electrons. The van der Waals surface area contributed by atoms with Gasteiger partial charge in [-0.1, -0.05) is 48.0 Å². The van der Waals surface area contributed by atoms with E-state index in [-0.39, 0.29) is 24.1 Å². The van der Waals surface area contributed by atoms with Crippen LogP contribution in [-0.4, -0.2) is 43.2 Å². The summed E-state index contributed by atoms with van der Waals surface area (Å²) < 4.78 is 27.3. The number of hydrogen-bond acceptors (Lipinski definition) is 3. The number of amides is 1. The number of carbonyl (C=O) groups excluding carboxylic acids is 1. The second-order valence-electron chi connectivity index (χ2n) is 7.86. The number of fused-ring (bicyclic) bond motifs is 1. The number of piperidine rings is 1. The van der Waals surface area contributed by atoms with Gasteiger partial charge in [0.05, 0.1) is 11.7 Å². The monoisotopic (exact) mass is 432 g/mol. The molecule has 0 N–H and O–H groups in total. The van der Waals surface area contributed by atoms with E-state index in [1.807, 2.05) is 17.0 Å². The molecule has 0 aromatic heterocycles. The van der Waals surface area contributed by atoms with E-state index >= 15 is 0 Å². The third-order valence-corrected chi connectivity index (χ3v) is 7.86. The molecule has 2 aromatic carbocycles. The van der Waals surface area contributed by atoms with Gasteiger partial charge in [0.2, 0.25) is 15.9 Å². The predicted octanol–water partition coefficient (Wildman–Crippen LogP) is 3.47. The highest BCUT2D eigenvalue weighted by Gasteiger charge is 2.35. The molecule has 2 aliphatic heterocycles. The predicted molar refractivity (Wildman–Crippen MR) is 114 cm³/mol. The standard InChI is InChI=1S/C22H25ClN2O3S/c23-21-9-3-5-17(13-21)16-29(27,28)25-11-4-8-20(15-25)22(26)24-12-10-18-6-1-2-7-19(18)14-24/h1-3,5-7,9,13,20H,4,8,10-12,14-16H2/t20-/m0/s1. The van der Waals surface area contributed by atoms with E-state index in [1.165, 1.54) is 15.4 Å². The molecule has 2 heterocycles. The Hall–Kier alpha value is -1.89. The molecule has 0 saturated carbocycles. The van der Waals surface area contributed by atoms with Gasteiger partial charge in [-0.2, -0.15) is 0 Å². The van der Waals surface area contributed by atoms with Crippen molar-refractivity contribution in [2.75, 3.05) is 19.6 Å². The summed E-state index contributed by atoms with van der Waals surface area (Å²) in [5, 5.41) is 0.523. The van der Waals surface area contributed by atoms with Gasteiger partial charge in [0.15, 0.2) is 0 Å². The Morgan fingerprint density at radius 1 is 1.07 bits per heavy atom. The minimum atomic E-state index is -3.50. The maximum atomic E-state index is 13.1. The van der Waals surface area contributed by atoms with Crippen molar-refractivity contribution in [3.8, 4) is 0 Å². The van der Waals surface area contributed by atoms with Crippen LogP contribution >= 0.6 is 11.6 Å². The van der Waals surface area contributed by atoms with Crippen LogP contribution in [0.5, 0.6) is 0 Å². The topological polar surface area (TPSA) is 57.7 Å². The molecular weight excluding hydrogens is 408 g/mol. The summed E-state index contributed by atoms with van der Waals surface area (Å²) >= 11 is 5.99. The van der Waals surface area contributed by atoms with Crippen LogP contribution in [0.15, 0.2) is 48.5 Å². The maximum Gasteiger partial charge on any atom is 0.227 e. The smallest absolute Gasteiger partial charge is 0.227 e. The zero-order chi connectivity index (χ0) is 20.4. The number of carbonyl (C=O) groups is 1. The van der Waals surface area contributed by atoms with Crippen LogP contribution in [0.1, 0.15) is 29.5 Å². The largest absolute Gasteiger partial charge is 0.338 e. The lowest BCUT2D eigenvalue weighted by Gasteiger charge is -2.36. The van der Waals surface area contributed by atoms with Crippen molar-refractivity contribution in [2.45, 2.75) is 31.6 Å². The van der Waals surface area contributed by atoms with Crippen LogP contribution < -0.4 is 0 Å². The fourth-order valence-corrected chi connectivity index (χ4v) is 6.08. The Balaban J connectivity index is 1.43. The molecule has 2 aliphatic rings. The Morgan fingerprint density at radius 3 is 2.66 bits per heavy atom. The van der Waals surface area contributed by atoms with Crippen LogP contribution in [-0.2, 0) is 33.5 Å². The number of hydrogen-bond donors (Lipinski definition) is 0. The number of rotatable bonds is 4. The van der Waals surface area contributed by atoms with Crippen molar-refractivity contribution in [3.05, 3.63) is 70.2 Å². The summed E-state index contributed by atoms with van der Waals surface area (Å²) in [6.45, 7) is 2.04. The normalized spacial score (nSPS) is 20.3. The van der Waals surface area contributed by atoms with Gasteiger partial charge in [-0.25, -0.2) is 12.7 Å². The van der Waals surface area contributed by atoms with Crippen molar-refractivity contribution < 1.29 is 13.2 Å². The quantitative estimate of drug-likeness (QED) is 0.743. The fraction of sp³-hybridized carbons (Fsp3) is 0.409. The second-order valence-corrected chi connectivity index (χ2v) is 10.3. The summed E-state index contributed by atoms with van der Waals surface area (Å²) in [4.78, 5) is 15.0. The number of benzene rings is 2. The minimum absolute atomic E-state index is 0.0714. The van der Waals surface area contributed by atoms with Gasteiger partial charge in [-0.05, 0) is 48.1 Å². The first-order chi connectivity index (χ1) is 13.9. The molecule has 0 unspecified atom stereocenters. The number of nitrogens with zero attached hydrogens (tertiary/aromatic N) is 2. The van der Waals surface area contributed by atoms with Gasteiger partial charge < -0.3 is 4.90 Å². The van der Waals surface area contributed by atoms with Crippen molar-refractivity contribution >= 4 is 27.5 Å². The van der Waals surface area contributed by atoms with Crippen LogP contribution in [0.3, 0.4) is 0 Å². The Bertz CT molecular complexity index is 1010.